The van der Waals surface area contributed by atoms with Gasteiger partial charge in [-0.25, -0.2) is 0 Å². The SMILES string of the molecule is C/C(=C1/SC(=S)N(NC(=O)Cc2ccccc2)C1=O)c1ccc(O)cc1. The molecule has 0 aromatic heterocycles. The summed E-state index contributed by atoms with van der Waals surface area (Å²) < 4.78 is 0.282. The van der Waals surface area contributed by atoms with E-state index in [0.717, 1.165) is 33.5 Å². The maximum atomic E-state index is 12.7. The normalized spacial score (nSPS) is 16.0. The second-order valence-corrected chi connectivity index (χ2v) is 7.35. The van der Waals surface area contributed by atoms with Crippen LogP contribution < -0.4 is 5.43 Å². The van der Waals surface area contributed by atoms with Gasteiger partial charge in [-0.2, -0.15) is 5.01 Å². The molecule has 0 bridgehead atoms. The monoisotopic (exact) mass is 384 g/mol. The van der Waals surface area contributed by atoms with Crippen LogP contribution in [0.15, 0.2) is 59.5 Å². The average molecular weight is 384 g/mol. The number of nitrogens with zero attached hydrogens (tertiary/aromatic N) is 1. The van der Waals surface area contributed by atoms with Gasteiger partial charge in [0.2, 0.25) is 5.91 Å². The van der Waals surface area contributed by atoms with Crippen molar-refractivity contribution in [2.75, 3.05) is 0 Å². The lowest BCUT2D eigenvalue weighted by atomic mass is 10.1. The number of thiocarbonyl (C=S) groups is 1. The van der Waals surface area contributed by atoms with Crippen molar-refractivity contribution in [3.8, 4) is 5.75 Å². The summed E-state index contributed by atoms with van der Waals surface area (Å²) in [5, 5.41) is 10.5. The number of aromatic hydroxyl groups is 1. The van der Waals surface area contributed by atoms with Crippen LogP contribution in [0.5, 0.6) is 5.75 Å². The summed E-state index contributed by atoms with van der Waals surface area (Å²) in [4.78, 5) is 25.4. The van der Waals surface area contributed by atoms with Gasteiger partial charge in [-0.1, -0.05) is 54.2 Å². The van der Waals surface area contributed by atoms with E-state index >= 15 is 0 Å². The Balaban J connectivity index is 1.75. The largest absolute Gasteiger partial charge is 0.508 e. The zero-order valence-electron chi connectivity index (χ0n) is 13.9. The lowest BCUT2D eigenvalue weighted by molar-refractivity contribution is -0.132. The zero-order valence-corrected chi connectivity index (χ0v) is 15.6. The van der Waals surface area contributed by atoms with E-state index in [4.69, 9.17) is 12.2 Å². The van der Waals surface area contributed by atoms with E-state index in [9.17, 15) is 14.7 Å². The summed E-state index contributed by atoms with van der Waals surface area (Å²) in [7, 11) is 0. The quantitative estimate of drug-likeness (QED) is 0.626. The van der Waals surface area contributed by atoms with Crippen LogP contribution >= 0.6 is 24.0 Å². The molecule has 1 heterocycles. The van der Waals surface area contributed by atoms with E-state index in [-0.39, 0.29) is 28.3 Å². The number of hydrogen-bond donors (Lipinski definition) is 2. The first kappa shape index (κ1) is 18.2. The molecule has 132 valence electrons. The molecule has 2 N–H and O–H groups in total. The summed E-state index contributed by atoms with van der Waals surface area (Å²) >= 11 is 6.39. The Kier molecular flexibility index (Phi) is 5.39. The maximum absolute atomic E-state index is 12.7. The summed E-state index contributed by atoms with van der Waals surface area (Å²) in [5.74, 6) is -0.509. The summed E-state index contributed by atoms with van der Waals surface area (Å²) in [5.41, 5.74) is 4.98. The Bertz CT molecular complexity index is 893. The molecule has 0 aliphatic carbocycles. The molecule has 2 aromatic rings. The van der Waals surface area contributed by atoms with Crippen LogP contribution in [-0.2, 0) is 16.0 Å². The first-order chi connectivity index (χ1) is 12.5. The molecule has 1 aliphatic heterocycles. The van der Waals surface area contributed by atoms with Gasteiger partial charge in [-0.05, 0) is 48.0 Å². The van der Waals surface area contributed by atoms with E-state index in [0.29, 0.717) is 4.91 Å². The second kappa shape index (κ2) is 7.72. The van der Waals surface area contributed by atoms with Crippen LogP contribution in [-0.4, -0.2) is 26.3 Å². The van der Waals surface area contributed by atoms with Crippen molar-refractivity contribution in [3.05, 3.63) is 70.6 Å². The third-order valence-corrected chi connectivity index (χ3v) is 5.33. The van der Waals surface area contributed by atoms with Crippen LogP contribution in [0.3, 0.4) is 0 Å². The van der Waals surface area contributed by atoms with E-state index in [1.165, 1.54) is 0 Å². The number of hydrazine groups is 1. The van der Waals surface area contributed by atoms with Crippen LogP contribution in [0, 0.1) is 0 Å². The Morgan fingerprint density at radius 1 is 1.15 bits per heavy atom. The number of allylic oxidation sites excluding steroid dienone is 1. The number of rotatable bonds is 4. The first-order valence-electron chi connectivity index (χ1n) is 7.85. The molecule has 1 saturated heterocycles. The summed E-state index contributed by atoms with van der Waals surface area (Å²) in [6, 6.07) is 15.8. The molecule has 7 heteroatoms. The molecule has 2 aromatic carbocycles. The minimum absolute atomic E-state index is 0.155. The van der Waals surface area contributed by atoms with E-state index < -0.39 is 0 Å². The Morgan fingerprint density at radius 2 is 1.81 bits per heavy atom. The number of benzene rings is 2. The standard InChI is InChI=1S/C19H16N2O3S2/c1-12(14-7-9-15(22)10-8-14)17-18(24)21(19(25)26-17)20-16(23)11-13-5-3-2-4-6-13/h2-10,22H,11H2,1H3,(H,20,23)/b17-12-. The second-order valence-electron chi connectivity index (χ2n) is 5.71. The number of phenols is 1. The molecule has 1 fully saturated rings. The number of amides is 2. The molecule has 26 heavy (non-hydrogen) atoms. The maximum Gasteiger partial charge on any atom is 0.285 e. The van der Waals surface area contributed by atoms with Crippen molar-refractivity contribution in [1.82, 2.24) is 10.4 Å². The number of hydrogen-bond acceptors (Lipinski definition) is 5. The van der Waals surface area contributed by atoms with E-state index in [1.54, 1.807) is 24.3 Å². The fraction of sp³-hybridized carbons (Fsp3) is 0.105. The van der Waals surface area contributed by atoms with Crippen molar-refractivity contribution < 1.29 is 14.7 Å². The predicted molar refractivity (Wildman–Crippen MR) is 106 cm³/mol. The van der Waals surface area contributed by atoms with E-state index in [2.05, 4.69) is 5.43 Å². The Morgan fingerprint density at radius 3 is 2.46 bits per heavy atom. The highest BCUT2D eigenvalue weighted by atomic mass is 32.2. The molecule has 3 rings (SSSR count). The Labute approximate surface area is 160 Å². The molecule has 1 aliphatic rings. The van der Waals surface area contributed by atoms with Gasteiger partial charge in [0.1, 0.15) is 5.75 Å². The minimum Gasteiger partial charge on any atom is -0.508 e. The molecule has 2 amide bonds. The highest BCUT2D eigenvalue weighted by Crippen LogP contribution is 2.36. The van der Waals surface area contributed by atoms with Gasteiger partial charge >= 0.3 is 0 Å². The molecule has 0 unspecified atom stereocenters. The van der Waals surface area contributed by atoms with Gasteiger partial charge in [0, 0.05) is 0 Å². The predicted octanol–water partition coefficient (Wildman–Crippen LogP) is 3.26. The van der Waals surface area contributed by atoms with Gasteiger partial charge in [0.15, 0.2) is 4.32 Å². The molecule has 0 spiro atoms. The van der Waals surface area contributed by atoms with Crippen LogP contribution in [0.1, 0.15) is 18.1 Å². The Hall–Kier alpha value is -2.64. The van der Waals surface area contributed by atoms with Crippen molar-refractivity contribution >= 4 is 45.7 Å². The minimum atomic E-state index is -0.355. The van der Waals surface area contributed by atoms with Gasteiger partial charge in [-0.3, -0.25) is 15.0 Å². The molecule has 0 radical (unpaired) electrons. The lowest BCUT2D eigenvalue weighted by Gasteiger charge is -2.15. The number of phenolic OH excluding ortho intramolecular Hbond substituents is 1. The third kappa shape index (κ3) is 3.95. The van der Waals surface area contributed by atoms with Crippen molar-refractivity contribution in [2.24, 2.45) is 0 Å². The van der Waals surface area contributed by atoms with Crippen LogP contribution in [0.25, 0.3) is 5.57 Å². The zero-order chi connectivity index (χ0) is 18.7. The van der Waals surface area contributed by atoms with Gasteiger partial charge in [0.25, 0.3) is 5.91 Å². The van der Waals surface area contributed by atoms with Crippen LogP contribution in [0.2, 0.25) is 0 Å². The van der Waals surface area contributed by atoms with Crippen molar-refractivity contribution in [1.29, 1.82) is 0 Å². The lowest BCUT2D eigenvalue weighted by Crippen LogP contribution is -2.45. The van der Waals surface area contributed by atoms with Crippen molar-refractivity contribution in [2.45, 2.75) is 13.3 Å². The van der Waals surface area contributed by atoms with Gasteiger partial charge in [0.05, 0.1) is 11.3 Å². The van der Waals surface area contributed by atoms with Crippen LogP contribution in [0.4, 0.5) is 0 Å². The number of thioether (sulfide) groups is 1. The molecule has 0 saturated carbocycles. The highest BCUT2D eigenvalue weighted by molar-refractivity contribution is 8.26. The topological polar surface area (TPSA) is 69.6 Å². The number of nitrogens with one attached hydrogen (secondary N) is 1. The first-order valence-corrected chi connectivity index (χ1v) is 9.08. The molecule has 5 nitrogen and oxygen atoms in total. The summed E-state index contributed by atoms with van der Waals surface area (Å²) in [6.07, 6.45) is 0.161. The average Bonchev–Trinajstić information content (AvgIpc) is 2.91. The molecular formula is C19H16N2O3S2. The fourth-order valence-corrected chi connectivity index (χ4v) is 3.70. The van der Waals surface area contributed by atoms with Gasteiger partial charge < -0.3 is 5.11 Å². The molecule has 0 atom stereocenters. The fourth-order valence-electron chi connectivity index (χ4n) is 2.48. The number of carbonyl (C=O) groups is 2. The number of carbonyl (C=O) groups excluding carboxylic acids is 2. The third-order valence-electron chi connectivity index (χ3n) is 3.85. The van der Waals surface area contributed by atoms with Gasteiger partial charge in [-0.15, -0.1) is 0 Å². The van der Waals surface area contributed by atoms with Crippen molar-refractivity contribution in [3.63, 3.8) is 0 Å². The summed E-state index contributed by atoms with van der Waals surface area (Å²) in [6.45, 7) is 1.81. The smallest absolute Gasteiger partial charge is 0.285 e. The highest BCUT2D eigenvalue weighted by Gasteiger charge is 2.35. The molecular weight excluding hydrogens is 368 g/mol. The van der Waals surface area contributed by atoms with E-state index in [1.807, 2.05) is 37.3 Å².